The second-order valence-corrected chi connectivity index (χ2v) is 8.92. The predicted octanol–water partition coefficient (Wildman–Crippen LogP) is 2.28. The van der Waals surface area contributed by atoms with Gasteiger partial charge in [0, 0.05) is 18.2 Å². The lowest BCUT2D eigenvalue weighted by atomic mass is 9.91. The average Bonchev–Trinajstić information content (AvgIpc) is 2.90. The molecule has 1 aromatic carbocycles. The van der Waals surface area contributed by atoms with Crippen LogP contribution in [-0.2, 0) is 30.2 Å². The molecule has 194 valence electrons. The van der Waals surface area contributed by atoms with E-state index in [0.29, 0.717) is 6.42 Å². The van der Waals surface area contributed by atoms with Gasteiger partial charge in [0.25, 0.3) is 5.91 Å². The van der Waals surface area contributed by atoms with Gasteiger partial charge in [-0.1, -0.05) is 44.2 Å². The van der Waals surface area contributed by atoms with Gasteiger partial charge in [-0.15, -0.1) is 0 Å². The smallest absolute Gasteiger partial charge is 0.331 e. The number of nitrogens with zero attached hydrogens (tertiary/aromatic N) is 1. The minimum atomic E-state index is -1.18. The second kappa shape index (κ2) is 12.3. The zero-order valence-electron chi connectivity index (χ0n) is 20.8. The molecule has 10 heteroatoms. The van der Waals surface area contributed by atoms with Gasteiger partial charge in [-0.25, -0.2) is 9.78 Å². The largest absolute Gasteiger partial charge is 0.503 e. The molecule has 1 fully saturated rings. The minimum absolute atomic E-state index is 0.0654. The number of rotatable bonds is 7. The molecule has 2 aromatic rings. The lowest BCUT2D eigenvalue weighted by Crippen LogP contribution is -2.47. The third kappa shape index (κ3) is 6.72. The zero-order valence-corrected chi connectivity index (χ0v) is 20.8. The molecule has 0 saturated carbocycles. The summed E-state index contributed by atoms with van der Waals surface area (Å²) in [5, 5.41) is 12.7. The van der Waals surface area contributed by atoms with Gasteiger partial charge in [0.1, 0.15) is 12.2 Å². The highest BCUT2D eigenvalue weighted by Gasteiger charge is 2.38. The Morgan fingerprint density at radius 2 is 1.92 bits per heavy atom. The quantitative estimate of drug-likeness (QED) is 0.549. The van der Waals surface area contributed by atoms with E-state index in [-0.39, 0.29) is 36.5 Å². The van der Waals surface area contributed by atoms with E-state index in [9.17, 15) is 19.5 Å². The maximum Gasteiger partial charge on any atom is 0.331 e. The average molecular weight is 501 g/mol. The lowest BCUT2D eigenvalue weighted by Gasteiger charge is -2.31. The van der Waals surface area contributed by atoms with Crippen molar-refractivity contribution in [1.29, 1.82) is 0 Å². The Balaban J connectivity index is 1.81. The molecule has 1 aromatic heterocycles. The van der Waals surface area contributed by atoms with Crippen LogP contribution < -0.4 is 10.1 Å². The van der Waals surface area contributed by atoms with Crippen LogP contribution in [0, 0.1) is 11.8 Å². The van der Waals surface area contributed by atoms with Crippen LogP contribution in [0.15, 0.2) is 42.6 Å². The first-order valence-corrected chi connectivity index (χ1v) is 11.8. The predicted molar refractivity (Wildman–Crippen MR) is 128 cm³/mol. The van der Waals surface area contributed by atoms with Crippen molar-refractivity contribution in [3.05, 3.63) is 53.9 Å². The molecule has 1 aliphatic rings. The van der Waals surface area contributed by atoms with Gasteiger partial charge < -0.3 is 29.4 Å². The zero-order chi connectivity index (χ0) is 26.2. The number of carbonyl (C=O) groups excluding carboxylic acids is 3. The van der Waals surface area contributed by atoms with Crippen LogP contribution >= 0.6 is 0 Å². The molecule has 10 nitrogen and oxygen atoms in total. The van der Waals surface area contributed by atoms with Gasteiger partial charge in [-0.3, -0.25) is 9.59 Å². The number of carbonyl (C=O) groups is 3. The number of pyridine rings is 1. The van der Waals surface area contributed by atoms with Crippen molar-refractivity contribution in [3.8, 4) is 11.5 Å². The van der Waals surface area contributed by atoms with Crippen molar-refractivity contribution in [1.82, 2.24) is 10.3 Å². The molecule has 0 radical (unpaired) electrons. The van der Waals surface area contributed by atoms with Crippen LogP contribution in [0.2, 0.25) is 0 Å². The lowest BCUT2D eigenvalue weighted by molar-refractivity contribution is -0.173. The standard InChI is InChI=1S/C26H32N2O8/c1-15(2)25(31)36-23-16(3)35-26(32)19(14-34-13-18(23)12-17-8-6-5-7-9-17)28-24(30)21-22(29)20(33-4)10-11-27-21/h5-11,15-16,18-19,23,29H,12-14H2,1-4H3,(H,28,30). The molecule has 4 atom stereocenters. The van der Waals surface area contributed by atoms with Gasteiger partial charge in [-0.2, -0.15) is 0 Å². The van der Waals surface area contributed by atoms with E-state index < -0.39 is 41.8 Å². The fourth-order valence-corrected chi connectivity index (χ4v) is 3.86. The number of aromatic hydroxyl groups is 1. The summed E-state index contributed by atoms with van der Waals surface area (Å²) >= 11 is 0. The molecule has 4 unspecified atom stereocenters. The number of nitrogens with one attached hydrogen (secondary N) is 1. The molecule has 1 saturated heterocycles. The fourth-order valence-electron chi connectivity index (χ4n) is 3.86. The molecule has 0 aliphatic carbocycles. The third-order valence-electron chi connectivity index (χ3n) is 5.82. The van der Waals surface area contributed by atoms with Crippen molar-refractivity contribution < 1.29 is 38.4 Å². The highest BCUT2D eigenvalue weighted by Crippen LogP contribution is 2.28. The first-order valence-electron chi connectivity index (χ1n) is 11.8. The van der Waals surface area contributed by atoms with Gasteiger partial charge in [0.05, 0.1) is 26.2 Å². The van der Waals surface area contributed by atoms with Crippen LogP contribution in [0.25, 0.3) is 0 Å². The van der Waals surface area contributed by atoms with E-state index in [1.807, 2.05) is 30.3 Å². The number of cyclic esters (lactones) is 1. The van der Waals surface area contributed by atoms with Crippen molar-refractivity contribution in [2.24, 2.45) is 11.8 Å². The summed E-state index contributed by atoms with van der Waals surface area (Å²) in [6, 6.07) is 9.88. The summed E-state index contributed by atoms with van der Waals surface area (Å²) in [4.78, 5) is 42.1. The van der Waals surface area contributed by atoms with Crippen LogP contribution in [0.1, 0.15) is 36.8 Å². The monoisotopic (exact) mass is 500 g/mol. The summed E-state index contributed by atoms with van der Waals surface area (Å²) in [6.45, 7) is 5.07. The number of hydrogen-bond donors (Lipinski definition) is 2. The highest BCUT2D eigenvalue weighted by atomic mass is 16.6. The maximum atomic E-state index is 13.0. The van der Waals surface area contributed by atoms with E-state index >= 15 is 0 Å². The first kappa shape index (κ1) is 26.9. The summed E-state index contributed by atoms with van der Waals surface area (Å²) in [5.41, 5.74) is 0.708. The topological polar surface area (TPSA) is 133 Å². The van der Waals surface area contributed by atoms with Gasteiger partial charge in [-0.05, 0) is 18.9 Å². The Morgan fingerprint density at radius 1 is 1.19 bits per heavy atom. The minimum Gasteiger partial charge on any atom is -0.503 e. The summed E-state index contributed by atoms with van der Waals surface area (Å²) < 4.78 is 22.3. The Labute approximate surface area is 209 Å². The Kier molecular flexibility index (Phi) is 9.24. The molecule has 3 rings (SSSR count). The molecule has 36 heavy (non-hydrogen) atoms. The molecule has 2 N–H and O–H groups in total. The fraction of sp³-hybridized carbons (Fsp3) is 0.462. The van der Waals surface area contributed by atoms with Crippen LogP contribution in [-0.4, -0.2) is 66.5 Å². The third-order valence-corrected chi connectivity index (χ3v) is 5.82. The van der Waals surface area contributed by atoms with Gasteiger partial charge in [0.15, 0.2) is 23.2 Å². The van der Waals surface area contributed by atoms with Crippen LogP contribution in [0.4, 0.5) is 0 Å². The number of amides is 1. The summed E-state index contributed by atoms with van der Waals surface area (Å²) in [6.07, 6.45) is 0.258. The Bertz CT molecular complexity index is 1060. The van der Waals surface area contributed by atoms with Crippen molar-refractivity contribution in [2.45, 2.75) is 45.4 Å². The van der Waals surface area contributed by atoms with Gasteiger partial charge >= 0.3 is 11.9 Å². The molecule has 1 aliphatic heterocycles. The maximum absolute atomic E-state index is 13.0. The Morgan fingerprint density at radius 3 is 2.58 bits per heavy atom. The van der Waals surface area contributed by atoms with E-state index in [4.69, 9.17) is 18.9 Å². The number of esters is 2. The highest BCUT2D eigenvalue weighted by molar-refractivity contribution is 5.98. The first-order chi connectivity index (χ1) is 17.2. The number of aromatic nitrogens is 1. The van der Waals surface area contributed by atoms with Crippen molar-refractivity contribution in [2.75, 3.05) is 20.3 Å². The van der Waals surface area contributed by atoms with Crippen LogP contribution in [0.3, 0.4) is 0 Å². The molecular formula is C26H32N2O8. The Hall–Kier alpha value is -3.66. The van der Waals surface area contributed by atoms with Crippen molar-refractivity contribution in [3.63, 3.8) is 0 Å². The summed E-state index contributed by atoms with van der Waals surface area (Å²) in [7, 11) is 1.34. The SMILES string of the molecule is COc1ccnc(C(=O)NC2COCC(Cc3ccccc3)C(OC(=O)C(C)C)C(C)OC2=O)c1O. The van der Waals surface area contributed by atoms with E-state index in [0.717, 1.165) is 5.56 Å². The van der Waals surface area contributed by atoms with Gasteiger partial charge in [0.2, 0.25) is 0 Å². The van der Waals surface area contributed by atoms with Crippen LogP contribution in [0.5, 0.6) is 11.5 Å². The molecule has 2 heterocycles. The number of ether oxygens (including phenoxy) is 4. The molecule has 0 bridgehead atoms. The molecule has 0 spiro atoms. The van der Waals surface area contributed by atoms with Crippen molar-refractivity contribution >= 4 is 17.8 Å². The second-order valence-electron chi connectivity index (χ2n) is 8.92. The van der Waals surface area contributed by atoms with E-state index in [1.54, 1.807) is 20.8 Å². The van der Waals surface area contributed by atoms with E-state index in [2.05, 4.69) is 10.3 Å². The number of benzene rings is 1. The number of methoxy groups -OCH3 is 1. The summed E-state index contributed by atoms with van der Waals surface area (Å²) in [5.74, 6) is -3.03. The number of hydrogen-bond acceptors (Lipinski definition) is 9. The van der Waals surface area contributed by atoms with E-state index in [1.165, 1.54) is 19.4 Å². The molecular weight excluding hydrogens is 468 g/mol. The molecule has 1 amide bonds. The normalized spacial score (nSPS) is 22.5.